The van der Waals surface area contributed by atoms with Gasteiger partial charge in [0.15, 0.2) is 0 Å². The molecular weight excluding hydrogens is 265 g/mol. The van der Waals surface area contributed by atoms with E-state index in [1.54, 1.807) is 0 Å². The van der Waals surface area contributed by atoms with Crippen LogP contribution < -0.4 is 5.32 Å². The van der Waals surface area contributed by atoms with E-state index in [1.165, 1.54) is 11.9 Å². The molecule has 2 nitrogen and oxygen atoms in total. The van der Waals surface area contributed by atoms with Crippen molar-refractivity contribution in [2.75, 3.05) is 20.1 Å². The van der Waals surface area contributed by atoms with Crippen LogP contribution in [0.4, 0.5) is 13.2 Å². The molecule has 0 radical (unpaired) electrons. The Balaban J connectivity index is 2.84. The van der Waals surface area contributed by atoms with E-state index in [4.69, 9.17) is 0 Å². The number of halogens is 3. The highest BCUT2D eigenvalue weighted by Crippen LogP contribution is 2.24. The van der Waals surface area contributed by atoms with E-state index >= 15 is 0 Å². The maximum Gasteiger partial charge on any atom is 0.401 e. The molecule has 0 aliphatic carbocycles. The summed E-state index contributed by atoms with van der Waals surface area (Å²) in [6.07, 6.45) is -4.19. The van der Waals surface area contributed by atoms with Gasteiger partial charge in [-0.3, -0.25) is 4.90 Å². The van der Waals surface area contributed by atoms with Crippen LogP contribution in [0.3, 0.4) is 0 Å². The summed E-state index contributed by atoms with van der Waals surface area (Å²) >= 11 is 0. The molecule has 0 spiro atoms. The molecule has 0 aromatic heterocycles. The van der Waals surface area contributed by atoms with Crippen molar-refractivity contribution in [1.82, 2.24) is 10.2 Å². The zero-order valence-electron chi connectivity index (χ0n) is 12.5. The van der Waals surface area contributed by atoms with Crippen molar-refractivity contribution in [3.8, 4) is 0 Å². The van der Waals surface area contributed by atoms with Gasteiger partial charge in [-0.15, -0.1) is 0 Å². The largest absolute Gasteiger partial charge is 0.401 e. The van der Waals surface area contributed by atoms with Gasteiger partial charge in [-0.05, 0) is 33.4 Å². The average Bonchev–Trinajstić information content (AvgIpc) is 2.26. The standard InChI is InChI=1S/C15H23F3N2/c1-14(2,3)19-10-13(12-8-6-5-7-9-12)20(4)11-15(16,17)18/h5-9,13,19H,10-11H2,1-4H3. The second kappa shape index (κ2) is 6.59. The number of nitrogens with zero attached hydrogens (tertiary/aromatic N) is 1. The Morgan fingerprint density at radius 1 is 1.10 bits per heavy atom. The Kier molecular flexibility index (Phi) is 5.59. The van der Waals surface area contributed by atoms with E-state index in [0.717, 1.165) is 5.56 Å². The van der Waals surface area contributed by atoms with Gasteiger partial charge in [0.1, 0.15) is 0 Å². The van der Waals surface area contributed by atoms with E-state index < -0.39 is 12.7 Å². The fraction of sp³-hybridized carbons (Fsp3) is 0.600. The summed E-state index contributed by atoms with van der Waals surface area (Å²) in [6, 6.07) is 8.98. The van der Waals surface area contributed by atoms with Crippen LogP contribution in [0, 0.1) is 0 Å². The van der Waals surface area contributed by atoms with Crippen molar-refractivity contribution in [2.24, 2.45) is 0 Å². The third-order valence-corrected chi connectivity index (χ3v) is 2.97. The van der Waals surface area contributed by atoms with Crippen LogP contribution in [-0.4, -0.2) is 36.8 Å². The quantitative estimate of drug-likeness (QED) is 0.890. The summed E-state index contributed by atoms with van der Waals surface area (Å²) in [4.78, 5) is 1.34. The molecule has 1 aromatic rings. The zero-order chi connectivity index (χ0) is 15.4. The second-order valence-corrected chi connectivity index (χ2v) is 6.09. The molecule has 0 amide bonds. The lowest BCUT2D eigenvalue weighted by Gasteiger charge is -2.32. The molecule has 5 heteroatoms. The molecule has 114 valence electrons. The fourth-order valence-electron chi connectivity index (χ4n) is 2.00. The Labute approximate surface area is 119 Å². The predicted octanol–water partition coefficient (Wildman–Crippen LogP) is 3.61. The van der Waals surface area contributed by atoms with Crippen LogP contribution in [0.25, 0.3) is 0 Å². The molecule has 1 aromatic carbocycles. The Morgan fingerprint density at radius 2 is 1.65 bits per heavy atom. The fourth-order valence-corrected chi connectivity index (χ4v) is 2.00. The van der Waals surface area contributed by atoms with E-state index in [9.17, 15) is 13.2 Å². The molecule has 0 saturated heterocycles. The van der Waals surface area contributed by atoms with E-state index in [-0.39, 0.29) is 11.6 Å². The van der Waals surface area contributed by atoms with Crippen LogP contribution in [-0.2, 0) is 0 Å². The monoisotopic (exact) mass is 288 g/mol. The molecular formula is C15H23F3N2. The normalized spacial score (nSPS) is 14.6. The number of hydrogen-bond donors (Lipinski definition) is 1. The molecule has 0 saturated carbocycles. The molecule has 20 heavy (non-hydrogen) atoms. The first-order valence-electron chi connectivity index (χ1n) is 6.65. The SMILES string of the molecule is CN(CC(F)(F)F)C(CNC(C)(C)C)c1ccccc1. The Hall–Kier alpha value is -1.07. The van der Waals surface area contributed by atoms with Gasteiger partial charge in [0.25, 0.3) is 0 Å². The lowest BCUT2D eigenvalue weighted by atomic mass is 10.0. The van der Waals surface area contributed by atoms with E-state index in [1.807, 2.05) is 51.1 Å². The van der Waals surface area contributed by atoms with Crippen molar-refractivity contribution in [3.63, 3.8) is 0 Å². The van der Waals surface area contributed by atoms with Crippen LogP contribution in [0.2, 0.25) is 0 Å². The lowest BCUT2D eigenvalue weighted by Crippen LogP contribution is -2.44. The molecule has 0 aliphatic heterocycles. The van der Waals surface area contributed by atoms with Crippen LogP contribution in [0.5, 0.6) is 0 Å². The summed E-state index contributed by atoms with van der Waals surface area (Å²) in [5.41, 5.74) is 0.752. The molecule has 1 atom stereocenters. The Morgan fingerprint density at radius 3 is 2.10 bits per heavy atom. The first kappa shape index (κ1) is 17.0. The van der Waals surface area contributed by atoms with Gasteiger partial charge in [0, 0.05) is 18.1 Å². The van der Waals surface area contributed by atoms with Crippen molar-refractivity contribution >= 4 is 0 Å². The van der Waals surface area contributed by atoms with Gasteiger partial charge in [0.05, 0.1) is 6.54 Å². The third-order valence-electron chi connectivity index (χ3n) is 2.97. The van der Waals surface area contributed by atoms with E-state index in [2.05, 4.69) is 5.32 Å². The highest BCUT2D eigenvalue weighted by molar-refractivity contribution is 5.19. The molecule has 1 rings (SSSR count). The van der Waals surface area contributed by atoms with Crippen molar-refractivity contribution in [1.29, 1.82) is 0 Å². The highest BCUT2D eigenvalue weighted by atomic mass is 19.4. The molecule has 0 heterocycles. The average molecular weight is 288 g/mol. The lowest BCUT2D eigenvalue weighted by molar-refractivity contribution is -0.147. The highest BCUT2D eigenvalue weighted by Gasteiger charge is 2.32. The molecule has 1 unspecified atom stereocenters. The Bertz CT molecular complexity index is 396. The minimum atomic E-state index is -4.19. The summed E-state index contributed by atoms with van der Waals surface area (Å²) < 4.78 is 37.8. The van der Waals surface area contributed by atoms with Crippen LogP contribution in [0.1, 0.15) is 32.4 Å². The maximum absolute atomic E-state index is 12.6. The first-order valence-corrected chi connectivity index (χ1v) is 6.65. The molecule has 0 bridgehead atoms. The molecule has 1 N–H and O–H groups in total. The number of rotatable bonds is 5. The number of nitrogens with one attached hydrogen (secondary N) is 1. The summed E-state index contributed by atoms with van der Waals surface area (Å²) in [5, 5.41) is 3.28. The molecule has 0 fully saturated rings. The minimum Gasteiger partial charge on any atom is -0.310 e. The van der Waals surface area contributed by atoms with Crippen LogP contribution >= 0.6 is 0 Å². The van der Waals surface area contributed by atoms with Crippen molar-refractivity contribution < 1.29 is 13.2 Å². The van der Waals surface area contributed by atoms with Gasteiger partial charge < -0.3 is 5.32 Å². The minimum absolute atomic E-state index is 0.133. The smallest absolute Gasteiger partial charge is 0.310 e. The number of hydrogen-bond acceptors (Lipinski definition) is 2. The zero-order valence-corrected chi connectivity index (χ0v) is 12.5. The summed E-state index contributed by atoms with van der Waals surface area (Å²) in [5.74, 6) is 0. The number of benzene rings is 1. The third kappa shape index (κ3) is 6.39. The second-order valence-electron chi connectivity index (χ2n) is 6.09. The van der Waals surface area contributed by atoms with Gasteiger partial charge in [0.2, 0.25) is 0 Å². The first-order chi connectivity index (χ1) is 9.08. The van der Waals surface area contributed by atoms with E-state index in [0.29, 0.717) is 6.54 Å². The summed E-state index contributed by atoms with van der Waals surface area (Å²) in [7, 11) is 1.51. The number of likely N-dealkylation sites (N-methyl/N-ethyl adjacent to an activating group) is 1. The predicted molar refractivity (Wildman–Crippen MR) is 75.6 cm³/mol. The topological polar surface area (TPSA) is 15.3 Å². The van der Waals surface area contributed by atoms with Gasteiger partial charge in [-0.2, -0.15) is 13.2 Å². The van der Waals surface area contributed by atoms with Gasteiger partial charge >= 0.3 is 6.18 Å². The van der Waals surface area contributed by atoms with Crippen molar-refractivity contribution in [2.45, 2.75) is 38.5 Å². The maximum atomic E-state index is 12.6. The number of alkyl halides is 3. The molecule has 0 aliphatic rings. The van der Waals surface area contributed by atoms with Crippen molar-refractivity contribution in [3.05, 3.63) is 35.9 Å². The van der Waals surface area contributed by atoms with Gasteiger partial charge in [-0.25, -0.2) is 0 Å². The van der Waals surface area contributed by atoms with Gasteiger partial charge in [-0.1, -0.05) is 30.3 Å². The van der Waals surface area contributed by atoms with Crippen LogP contribution in [0.15, 0.2) is 30.3 Å². The summed E-state index contributed by atoms with van der Waals surface area (Å²) in [6.45, 7) is 5.55.